The third-order valence-corrected chi connectivity index (χ3v) is 0.910. The molecule has 0 radical (unpaired) electrons. The summed E-state index contributed by atoms with van der Waals surface area (Å²) in [5, 5.41) is 7.72. The quantitative estimate of drug-likeness (QED) is 0.436. The van der Waals surface area contributed by atoms with Crippen LogP contribution in [-0.4, -0.2) is 11.1 Å². The summed E-state index contributed by atoms with van der Waals surface area (Å²) in [5.41, 5.74) is 0. The molecule has 1 aromatic carbocycles. The molecule has 0 fully saturated rings. The number of hydrogen-bond donors (Lipinski definition) is 1. The minimum Gasteiger partial charge on any atom is -0.481 e. The van der Waals surface area contributed by atoms with Gasteiger partial charge >= 0.3 is 35.5 Å². The summed E-state index contributed by atoms with van der Waals surface area (Å²) in [6.45, 7) is 1.60. The Balaban J connectivity index is 0. The van der Waals surface area contributed by atoms with Crippen molar-refractivity contribution in [2.24, 2.45) is 0 Å². The Morgan fingerprint density at radius 1 is 1.33 bits per heavy atom. The van der Waals surface area contributed by atoms with E-state index in [1.54, 1.807) is 6.92 Å². The van der Waals surface area contributed by atoms with Crippen molar-refractivity contribution in [2.75, 3.05) is 0 Å². The maximum absolute atomic E-state index is 9.37. The van der Waals surface area contributed by atoms with Crippen molar-refractivity contribution < 1.29 is 39.5 Å². The van der Waals surface area contributed by atoms with Gasteiger partial charge in [-0.2, -0.15) is 36.4 Å². The molecule has 1 rings (SSSR count). The summed E-state index contributed by atoms with van der Waals surface area (Å²) in [5.74, 6) is -0.745. The van der Waals surface area contributed by atoms with Crippen LogP contribution in [0.5, 0.6) is 0 Å². The van der Waals surface area contributed by atoms with E-state index in [0.29, 0.717) is 0 Å². The largest absolute Gasteiger partial charge is 1.00 e. The summed E-state index contributed by atoms with van der Waals surface area (Å²) in [7, 11) is 0. The standard InChI is InChI=1S/C6H5.C3H6O2.Na/c1-2-4-6-5-3-1;1-2-3(4)5;/h1-5H;2H2,1H3,(H,4,5);/q-1;;+1. The van der Waals surface area contributed by atoms with Gasteiger partial charge in [0.05, 0.1) is 0 Å². The van der Waals surface area contributed by atoms with Gasteiger partial charge in [-0.25, -0.2) is 0 Å². The predicted molar refractivity (Wildman–Crippen MR) is 43.2 cm³/mol. The van der Waals surface area contributed by atoms with Crippen LogP contribution in [0.25, 0.3) is 0 Å². The summed E-state index contributed by atoms with van der Waals surface area (Å²) in [6.07, 6.45) is 0.222. The van der Waals surface area contributed by atoms with E-state index in [4.69, 9.17) is 5.11 Å². The molecule has 0 aliphatic carbocycles. The third kappa shape index (κ3) is 12.4. The fraction of sp³-hybridized carbons (Fsp3) is 0.222. The van der Waals surface area contributed by atoms with Crippen LogP contribution in [0.15, 0.2) is 30.3 Å². The molecular weight excluding hydrogens is 163 g/mol. The van der Waals surface area contributed by atoms with Crippen LogP contribution in [0.3, 0.4) is 0 Å². The summed E-state index contributed by atoms with van der Waals surface area (Å²) < 4.78 is 0. The van der Waals surface area contributed by atoms with Crippen LogP contribution in [0.4, 0.5) is 0 Å². The van der Waals surface area contributed by atoms with Crippen molar-refractivity contribution >= 4 is 5.97 Å². The number of carboxylic acids is 1. The van der Waals surface area contributed by atoms with Crippen molar-refractivity contribution in [1.82, 2.24) is 0 Å². The van der Waals surface area contributed by atoms with E-state index in [2.05, 4.69) is 6.07 Å². The molecular formula is C9H11NaO2. The fourth-order valence-electron chi connectivity index (χ4n) is 0.342. The van der Waals surface area contributed by atoms with Crippen LogP contribution in [0.2, 0.25) is 0 Å². The fourth-order valence-corrected chi connectivity index (χ4v) is 0.342. The smallest absolute Gasteiger partial charge is 0.481 e. The van der Waals surface area contributed by atoms with Crippen molar-refractivity contribution in [3.05, 3.63) is 36.4 Å². The molecule has 0 unspecified atom stereocenters. The molecule has 12 heavy (non-hydrogen) atoms. The number of rotatable bonds is 1. The van der Waals surface area contributed by atoms with Gasteiger partial charge in [-0.3, -0.25) is 4.79 Å². The first-order valence-electron chi connectivity index (χ1n) is 3.40. The van der Waals surface area contributed by atoms with Crippen LogP contribution < -0.4 is 29.6 Å². The van der Waals surface area contributed by atoms with Crippen molar-refractivity contribution in [3.63, 3.8) is 0 Å². The Bertz CT molecular complexity index is 160. The zero-order chi connectivity index (χ0) is 8.53. The maximum Gasteiger partial charge on any atom is 1.00 e. The average Bonchev–Trinajstić information content (AvgIpc) is 2.09. The van der Waals surface area contributed by atoms with Gasteiger partial charge in [0.15, 0.2) is 0 Å². The molecule has 0 bridgehead atoms. The molecule has 60 valence electrons. The van der Waals surface area contributed by atoms with Gasteiger partial charge in [0.25, 0.3) is 0 Å². The summed E-state index contributed by atoms with van der Waals surface area (Å²) >= 11 is 0. The number of benzene rings is 1. The summed E-state index contributed by atoms with van der Waals surface area (Å²) in [6, 6.07) is 12.5. The van der Waals surface area contributed by atoms with Crippen LogP contribution in [0.1, 0.15) is 13.3 Å². The molecule has 0 amide bonds. The second-order valence-corrected chi connectivity index (χ2v) is 1.82. The van der Waals surface area contributed by atoms with Crippen LogP contribution in [0, 0.1) is 6.07 Å². The van der Waals surface area contributed by atoms with E-state index in [1.165, 1.54) is 0 Å². The SMILES string of the molecule is CCC(=O)O.[Na+].[c-]1ccccc1. The normalized spacial score (nSPS) is 7.08. The molecule has 0 aromatic heterocycles. The van der Waals surface area contributed by atoms with Gasteiger partial charge < -0.3 is 5.11 Å². The van der Waals surface area contributed by atoms with E-state index < -0.39 is 5.97 Å². The Morgan fingerprint density at radius 3 is 1.83 bits per heavy atom. The molecule has 2 nitrogen and oxygen atoms in total. The van der Waals surface area contributed by atoms with Gasteiger partial charge in [-0.05, 0) is 0 Å². The van der Waals surface area contributed by atoms with Crippen LogP contribution >= 0.6 is 0 Å². The first-order valence-corrected chi connectivity index (χ1v) is 3.40. The molecule has 0 atom stereocenters. The van der Waals surface area contributed by atoms with E-state index in [0.717, 1.165) is 0 Å². The molecule has 0 saturated carbocycles. The Labute approximate surface area is 94.9 Å². The first-order chi connectivity index (χ1) is 5.27. The monoisotopic (exact) mass is 174 g/mol. The number of aliphatic carboxylic acids is 1. The molecule has 0 spiro atoms. The van der Waals surface area contributed by atoms with Gasteiger partial charge in [-0.15, -0.1) is 0 Å². The van der Waals surface area contributed by atoms with Gasteiger partial charge in [-0.1, -0.05) is 6.92 Å². The maximum atomic E-state index is 9.37. The zero-order valence-corrected chi connectivity index (χ0v) is 9.45. The Morgan fingerprint density at radius 2 is 1.75 bits per heavy atom. The Hall–Kier alpha value is -0.310. The molecule has 1 aromatic rings. The number of hydrogen-bond acceptors (Lipinski definition) is 1. The second-order valence-electron chi connectivity index (χ2n) is 1.82. The molecule has 0 aliphatic heterocycles. The summed E-state index contributed by atoms with van der Waals surface area (Å²) in [4.78, 5) is 9.37. The molecule has 3 heteroatoms. The van der Waals surface area contributed by atoms with Gasteiger partial charge in [0, 0.05) is 6.42 Å². The van der Waals surface area contributed by atoms with Crippen molar-refractivity contribution in [2.45, 2.75) is 13.3 Å². The molecule has 0 aliphatic rings. The van der Waals surface area contributed by atoms with Crippen molar-refractivity contribution in [3.8, 4) is 0 Å². The third-order valence-electron chi connectivity index (χ3n) is 0.910. The molecule has 0 saturated heterocycles. The van der Waals surface area contributed by atoms with E-state index in [-0.39, 0.29) is 36.0 Å². The Kier molecular flexibility index (Phi) is 12.7. The second kappa shape index (κ2) is 10.7. The van der Waals surface area contributed by atoms with Crippen LogP contribution in [-0.2, 0) is 4.79 Å². The minimum atomic E-state index is -0.745. The average molecular weight is 174 g/mol. The van der Waals surface area contributed by atoms with Gasteiger partial charge in [0.2, 0.25) is 0 Å². The van der Waals surface area contributed by atoms with Gasteiger partial charge in [0.1, 0.15) is 0 Å². The predicted octanol–water partition coefficient (Wildman–Crippen LogP) is -1.03. The van der Waals surface area contributed by atoms with Crippen molar-refractivity contribution in [1.29, 1.82) is 0 Å². The van der Waals surface area contributed by atoms with E-state index >= 15 is 0 Å². The zero-order valence-electron chi connectivity index (χ0n) is 7.45. The number of carboxylic acid groups (broad SMARTS) is 1. The molecule has 0 heterocycles. The molecule has 1 N–H and O–H groups in total. The number of carbonyl (C=O) groups is 1. The topological polar surface area (TPSA) is 37.3 Å². The van der Waals surface area contributed by atoms with E-state index in [1.807, 2.05) is 30.3 Å². The minimum absolute atomic E-state index is 0. The first kappa shape index (κ1) is 14.2. The van der Waals surface area contributed by atoms with E-state index in [9.17, 15) is 4.79 Å².